The molecule has 0 amide bonds. The van der Waals surface area contributed by atoms with Gasteiger partial charge in [-0.05, 0) is 150 Å². The molecule has 0 aliphatic rings. The van der Waals surface area contributed by atoms with Crippen molar-refractivity contribution in [1.29, 1.82) is 5.26 Å². The molecule has 75 heavy (non-hydrogen) atoms. The highest BCUT2D eigenvalue weighted by Crippen LogP contribution is 2.35. The maximum absolute atomic E-state index is 12.9. The van der Waals surface area contributed by atoms with E-state index in [1.807, 2.05) is 5.92 Å². The first-order chi connectivity index (χ1) is 34.5. The third-order valence-corrected chi connectivity index (χ3v) is 8.90. The van der Waals surface area contributed by atoms with Gasteiger partial charge in [0, 0.05) is 34.9 Å². The van der Waals surface area contributed by atoms with Crippen LogP contribution in [0.1, 0.15) is 83.3 Å². The Balaban J connectivity index is 0.000000335. The van der Waals surface area contributed by atoms with Crippen molar-refractivity contribution in [2.24, 2.45) is 5.73 Å². The Morgan fingerprint density at radius 1 is 0.680 bits per heavy atom. The smallest absolute Gasteiger partial charge is 0.416 e. The minimum Gasteiger partial charge on any atom is -0.460 e. The van der Waals surface area contributed by atoms with Crippen molar-refractivity contribution in [1.82, 2.24) is 29.9 Å². The number of ether oxygens (including phenoxy) is 2. The number of nitrogens with one attached hydrogen (secondary N) is 1. The lowest BCUT2D eigenvalue weighted by Crippen LogP contribution is -2.12. The summed E-state index contributed by atoms with van der Waals surface area (Å²) in [6, 6.07) is 15.9. The Hall–Kier alpha value is -8.06. The number of nitrogens with zero attached hydrogens (tertiary/aromatic N) is 6. The summed E-state index contributed by atoms with van der Waals surface area (Å²) in [4.78, 5) is 29.3. The highest BCUT2D eigenvalue weighted by molar-refractivity contribution is 7.80. The van der Waals surface area contributed by atoms with Crippen molar-refractivity contribution in [3.63, 3.8) is 0 Å². The van der Waals surface area contributed by atoms with Crippen molar-refractivity contribution < 1.29 is 71.7 Å². The number of thiocarbonyl (C=S) groups is 1. The maximum atomic E-state index is 12.9. The number of carbonyl (C=O) groups is 2. The van der Waals surface area contributed by atoms with Crippen molar-refractivity contribution in [3.8, 4) is 41.2 Å². The molecule has 0 unspecified atom stereocenters. The van der Waals surface area contributed by atoms with Crippen molar-refractivity contribution >= 4 is 35.3 Å². The maximum Gasteiger partial charge on any atom is 0.416 e. The van der Waals surface area contributed by atoms with Crippen molar-refractivity contribution in [2.45, 2.75) is 92.3 Å². The summed E-state index contributed by atoms with van der Waals surface area (Å²) in [5.41, 5.74) is 5.13. The van der Waals surface area contributed by atoms with E-state index in [0.29, 0.717) is 33.6 Å². The summed E-state index contributed by atoms with van der Waals surface area (Å²) in [5.74, 6) is 1.15. The van der Waals surface area contributed by atoms with Crippen LogP contribution in [-0.2, 0) is 43.8 Å². The molecule has 0 atom stereocenters. The van der Waals surface area contributed by atoms with Crippen LogP contribution in [0.5, 0.6) is 0 Å². The van der Waals surface area contributed by atoms with Crippen LogP contribution in [0.2, 0.25) is 0 Å². The van der Waals surface area contributed by atoms with Gasteiger partial charge in [0.2, 0.25) is 0 Å². The van der Waals surface area contributed by atoms with Gasteiger partial charge in [-0.2, -0.15) is 63.0 Å². The second-order valence-electron chi connectivity index (χ2n) is 16.1. The molecule has 400 valence electrons. The van der Waals surface area contributed by atoms with Gasteiger partial charge in [-0.15, -0.1) is 11.5 Å². The van der Waals surface area contributed by atoms with Gasteiger partial charge in [0.25, 0.3) is 0 Å². The lowest BCUT2D eigenvalue weighted by Gasteiger charge is -2.09. The topological polar surface area (TPSA) is 175 Å². The Labute approximate surface area is 427 Å². The highest BCUT2D eigenvalue weighted by Gasteiger charge is 2.33. The molecular weight excluding hydrogens is 1040 g/mol. The third kappa shape index (κ3) is 22.7. The molecule has 0 aliphatic carbocycles. The number of alkyl halides is 12. The molecule has 3 N–H and O–H groups in total. The summed E-state index contributed by atoms with van der Waals surface area (Å²) >= 11 is 4.61. The molecule has 0 saturated carbocycles. The van der Waals surface area contributed by atoms with Crippen LogP contribution in [-0.4, -0.2) is 59.1 Å². The Bertz CT molecular complexity index is 3000. The standard InChI is InChI=1S/C16H16F3N3O2.C10H8F3N3.C9H8F3NS.C9H6F3N.C6H8O2/c1-10(2)24-14(23)4-5-22-9-20-15(21-22)12-6-11(3)7-13(8-12)16(17,18)19;1-6-2-7(9-14-5-15-16-9)4-8(3-6)10(11,12)13;1-5-2-6(8(13)14)4-7(3-5)9(10,11)12;1-6-2-7(5-13)4-8(3-6)9(10,11)12;1-4-6(7)8-5(2)3/h4-10H,1-3H3;2-5H,1H3,(H,14,15,16);2-4H,1H3,(H2,13,14);2-4H,1H3;1,5H,2-3H3/b5-4-;;;;. The Morgan fingerprint density at radius 3 is 1.56 bits per heavy atom. The van der Waals surface area contributed by atoms with Gasteiger partial charge >= 0.3 is 36.6 Å². The van der Waals surface area contributed by atoms with Crippen molar-refractivity contribution in [2.75, 3.05) is 0 Å². The SMILES string of the molecule is C#CC(=O)OC(C)C.Cc1cc(-c2ncn(/C=C\C(=O)OC(C)C)n2)cc(C(F)(F)F)c1.Cc1cc(-c2ncn[nH]2)cc(C(F)(F)F)c1.Cc1cc(C#N)cc(C(F)(F)F)c1.Cc1cc(C(N)=S)cc(C(F)(F)F)c1. The number of carbonyl (C=O) groups excluding carboxylic acids is 2. The average molecular weight is 1080 g/mol. The van der Waals surface area contributed by atoms with Crippen LogP contribution in [0.4, 0.5) is 52.7 Å². The number of hydrogen-bond acceptors (Lipinski definition) is 10. The van der Waals surface area contributed by atoms with Crippen LogP contribution in [0.3, 0.4) is 0 Å². The van der Waals surface area contributed by atoms with E-state index in [9.17, 15) is 62.3 Å². The van der Waals surface area contributed by atoms with Gasteiger partial charge < -0.3 is 15.2 Å². The van der Waals surface area contributed by atoms with E-state index in [4.69, 9.17) is 22.2 Å². The summed E-state index contributed by atoms with van der Waals surface area (Å²) in [6.07, 6.45) is -8.15. The molecule has 25 heteroatoms. The summed E-state index contributed by atoms with van der Waals surface area (Å²) in [7, 11) is 0. The number of terminal acetylenes is 1. The molecule has 0 spiro atoms. The first-order valence-electron chi connectivity index (χ1n) is 21.3. The normalized spacial score (nSPS) is 11.3. The van der Waals surface area contributed by atoms with E-state index in [0.717, 1.165) is 54.6 Å². The molecular formula is C50H46F12N8O4S. The Morgan fingerprint density at radius 2 is 1.13 bits per heavy atom. The van der Waals surface area contributed by atoms with Crippen LogP contribution < -0.4 is 5.73 Å². The number of nitriles is 1. The number of nitrogens with two attached hydrogens (primary N) is 1. The van der Waals surface area contributed by atoms with Crippen LogP contribution in [0.25, 0.3) is 29.0 Å². The van der Waals surface area contributed by atoms with Gasteiger partial charge in [-0.1, -0.05) is 12.2 Å². The molecule has 4 aromatic carbocycles. The second kappa shape index (κ2) is 27.3. The fourth-order valence-electron chi connectivity index (χ4n) is 5.74. The molecule has 0 aliphatic heterocycles. The average Bonchev–Trinajstić information content (AvgIpc) is 4.01. The van der Waals surface area contributed by atoms with Gasteiger partial charge in [-0.25, -0.2) is 24.2 Å². The lowest BCUT2D eigenvalue weighted by molar-refractivity contribution is -0.141. The third-order valence-electron chi connectivity index (χ3n) is 8.66. The number of hydrogen-bond donors (Lipinski definition) is 2. The van der Waals surface area contributed by atoms with Gasteiger partial charge in [-0.3, -0.25) is 5.10 Å². The molecule has 0 fully saturated rings. The first kappa shape index (κ1) is 63.1. The fourth-order valence-corrected chi connectivity index (χ4v) is 5.86. The number of halogens is 12. The van der Waals surface area contributed by atoms with E-state index in [1.165, 1.54) is 42.6 Å². The predicted octanol–water partition coefficient (Wildman–Crippen LogP) is 12.6. The van der Waals surface area contributed by atoms with Crippen LogP contribution in [0.15, 0.2) is 91.5 Å². The molecule has 0 saturated heterocycles. The fraction of sp³-hybridized carbons (Fsp3) is 0.280. The number of esters is 2. The summed E-state index contributed by atoms with van der Waals surface area (Å²) in [5, 5.41) is 18.6. The second-order valence-corrected chi connectivity index (χ2v) is 16.5. The zero-order valence-corrected chi connectivity index (χ0v) is 41.6. The zero-order chi connectivity index (χ0) is 57.2. The van der Waals surface area contributed by atoms with E-state index in [2.05, 4.69) is 42.2 Å². The quantitative estimate of drug-likeness (QED) is 0.0389. The number of aryl methyl sites for hydroxylation is 4. The summed E-state index contributed by atoms with van der Waals surface area (Å²) in [6.45, 7) is 13.2. The number of aromatic nitrogens is 6. The predicted molar refractivity (Wildman–Crippen MR) is 256 cm³/mol. The molecule has 6 aromatic rings. The van der Waals surface area contributed by atoms with Gasteiger partial charge in [0.05, 0.1) is 46.1 Å². The molecule has 6 rings (SSSR count). The lowest BCUT2D eigenvalue weighted by atomic mass is 10.1. The number of rotatable bonds is 7. The number of aromatic amines is 1. The van der Waals surface area contributed by atoms with Gasteiger partial charge in [0.15, 0.2) is 11.6 Å². The monoisotopic (exact) mass is 1080 g/mol. The van der Waals surface area contributed by atoms with Crippen molar-refractivity contribution in [3.05, 3.63) is 147 Å². The van der Waals surface area contributed by atoms with Crippen LogP contribution >= 0.6 is 12.2 Å². The van der Waals surface area contributed by atoms with E-state index < -0.39 is 58.9 Å². The van der Waals surface area contributed by atoms with E-state index in [1.54, 1.807) is 66.7 Å². The van der Waals surface area contributed by atoms with E-state index in [-0.39, 0.29) is 39.7 Å². The van der Waals surface area contributed by atoms with Crippen LogP contribution in [0, 0.1) is 51.4 Å². The molecule has 0 radical (unpaired) electrons. The largest absolute Gasteiger partial charge is 0.460 e. The van der Waals surface area contributed by atoms with Gasteiger partial charge in [0.1, 0.15) is 17.6 Å². The minimum atomic E-state index is -4.44. The first-order valence-corrected chi connectivity index (χ1v) is 21.7. The molecule has 12 nitrogen and oxygen atoms in total. The minimum absolute atomic E-state index is 0.0285. The Kier molecular flexibility index (Phi) is 22.9. The zero-order valence-electron chi connectivity index (χ0n) is 40.8. The molecule has 2 aromatic heterocycles. The number of H-pyrrole nitrogens is 1. The summed E-state index contributed by atoms with van der Waals surface area (Å²) < 4.78 is 160. The molecule has 2 heterocycles. The molecule has 0 bridgehead atoms. The number of benzene rings is 4. The van der Waals surface area contributed by atoms with E-state index >= 15 is 0 Å². The highest BCUT2D eigenvalue weighted by atomic mass is 32.1.